The number of hydrogen-bond donors (Lipinski definition) is 0. The number of hydrogen-bond acceptors (Lipinski definition) is 4. The fraction of sp³-hybridized carbons (Fsp3) is 0.467. The lowest BCUT2D eigenvalue weighted by atomic mass is 9.86. The van der Waals surface area contributed by atoms with E-state index in [0.717, 1.165) is 5.56 Å². The van der Waals surface area contributed by atoms with Gasteiger partial charge in [-0.05, 0) is 31.5 Å². The van der Waals surface area contributed by atoms with E-state index in [4.69, 9.17) is 21.1 Å². The van der Waals surface area contributed by atoms with Crippen LogP contribution in [-0.2, 0) is 19.7 Å². The Morgan fingerprint density at radius 2 is 2.00 bits per heavy atom. The minimum absolute atomic E-state index is 0.0346. The summed E-state index contributed by atoms with van der Waals surface area (Å²) in [5.74, 6) is -0.556. The van der Waals surface area contributed by atoms with Gasteiger partial charge in [0, 0.05) is 19.3 Å². The summed E-state index contributed by atoms with van der Waals surface area (Å²) in [5.41, 5.74) is 1.07. The lowest BCUT2D eigenvalue weighted by molar-refractivity contribution is -0.122. The molecule has 0 atom stereocenters. The van der Waals surface area contributed by atoms with Crippen molar-refractivity contribution >= 4 is 29.2 Å². The van der Waals surface area contributed by atoms with E-state index in [1.54, 1.807) is 24.1 Å². The van der Waals surface area contributed by atoms with E-state index in [9.17, 15) is 9.59 Å². The molecule has 0 radical (unpaired) electrons. The molecule has 0 spiro atoms. The number of carbonyl (C=O) groups excluding carboxylic acids is 2. The molecule has 0 saturated heterocycles. The van der Waals surface area contributed by atoms with E-state index in [2.05, 4.69) is 0 Å². The van der Waals surface area contributed by atoms with Gasteiger partial charge in [0.1, 0.15) is 0 Å². The first-order valence-electron chi connectivity index (χ1n) is 6.57. The van der Waals surface area contributed by atoms with E-state index >= 15 is 0 Å². The van der Waals surface area contributed by atoms with Crippen LogP contribution in [0.15, 0.2) is 12.1 Å². The molecule has 0 saturated carbocycles. The standard InChI is InChI=1S/C15H18ClNO4/c1-15(2)10-8-11(16)9(13(18)21-4)7-12(10)17(14(15)19)5-6-20-3/h7-8H,5-6H2,1-4H3. The largest absolute Gasteiger partial charge is 0.465 e. The van der Waals surface area contributed by atoms with E-state index in [-0.39, 0.29) is 16.5 Å². The monoisotopic (exact) mass is 311 g/mol. The summed E-state index contributed by atoms with van der Waals surface area (Å²) in [6, 6.07) is 3.29. The summed E-state index contributed by atoms with van der Waals surface area (Å²) in [4.78, 5) is 26.0. The predicted octanol–water partition coefficient (Wildman–Crippen LogP) is 2.40. The average molecular weight is 312 g/mol. The summed E-state index contributed by atoms with van der Waals surface area (Å²) in [6.07, 6.45) is 0. The molecule has 0 N–H and O–H groups in total. The van der Waals surface area contributed by atoms with Gasteiger partial charge in [-0.3, -0.25) is 4.79 Å². The van der Waals surface area contributed by atoms with Gasteiger partial charge in [0.25, 0.3) is 0 Å². The Labute approximate surface area is 128 Å². The fourth-order valence-electron chi connectivity index (χ4n) is 2.52. The molecule has 0 bridgehead atoms. The third-order valence-corrected chi connectivity index (χ3v) is 4.07. The summed E-state index contributed by atoms with van der Waals surface area (Å²) in [7, 11) is 2.87. The van der Waals surface area contributed by atoms with Crippen LogP contribution in [0.1, 0.15) is 29.8 Å². The average Bonchev–Trinajstić information content (AvgIpc) is 2.63. The summed E-state index contributed by atoms with van der Waals surface area (Å²) in [5, 5.41) is 0.287. The normalized spacial score (nSPS) is 16.0. The lowest BCUT2D eigenvalue weighted by Crippen LogP contribution is -2.38. The highest BCUT2D eigenvalue weighted by molar-refractivity contribution is 6.34. The first-order valence-corrected chi connectivity index (χ1v) is 6.95. The van der Waals surface area contributed by atoms with Crippen LogP contribution in [0, 0.1) is 0 Å². The van der Waals surface area contributed by atoms with E-state index in [1.165, 1.54) is 7.11 Å². The Bertz CT molecular complexity index is 598. The van der Waals surface area contributed by atoms with Crippen molar-refractivity contribution in [3.8, 4) is 0 Å². The fourth-order valence-corrected chi connectivity index (χ4v) is 2.76. The molecule has 1 heterocycles. The molecule has 5 nitrogen and oxygen atoms in total. The minimum Gasteiger partial charge on any atom is -0.465 e. The number of ether oxygens (including phenoxy) is 2. The van der Waals surface area contributed by atoms with Crippen molar-refractivity contribution in [3.63, 3.8) is 0 Å². The number of amides is 1. The number of carbonyl (C=O) groups is 2. The Kier molecular flexibility index (Phi) is 4.25. The van der Waals surface area contributed by atoms with Gasteiger partial charge in [0.15, 0.2) is 0 Å². The van der Waals surface area contributed by atoms with Gasteiger partial charge < -0.3 is 14.4 Å². The number of halogens is 1. The van der Waals surface area contributed by atoms with Gasteiger partial charge in [-0.1, -0.05) is 11.6 Å². The van der Waals surface area contributed by atoms with Crippen LogP contribution in [0.5, 0.6) is 0 Å². The minimum atomic E-state index is -0.679. The smallest absolute Gasteiger partial charge is 0.339 e. The predicted molar refractivity (Wildman–Crippen MR) is 80.0 cm³/mol. The molecular formula is C15H18ClNO4. The summed E-state index contributed by atoms with van der Waals surface area (Å²) in [6.45, 7) is 4.52. The van der Waals surface area contributed by atoms with Crippen LogP contribution >= 0.6 is 11.6 Å². The highest BCUT2D eigenvalue weighted by Crippen LogP contribution is 2.43. The maximum absolute atomic E-state index is 12.6. The topological polar surface area (TPSA) is 55.8 Å². The molecule has 114 valence electrons. The molecule has 1 amide bonds. The van der Waals surface area contributed by atoms with Gasteiger partial charge in [-0.15, -0.1) is 0 Å². The molecule has 0 fully saturated rings. The van der Waals surface area contributed by atoms with Crippen molar-refractivity contribution in [1.29, 1.82) is 0 Å². The number of benzene rings is 1. The van der Waals surface area contributed by atoms with Crippen molar-refractivity contribution in [1.82, 2.24) is 0 Å². The third-order valence-electron chi connectivity index (χ3n) is 3.75. The maximum Gasteiger partial charge on any atom is 0.339 e. The van der Waals surface area contributed by atoms with Crippen LogP contribution in [-0.4, -0.2) is 39.2 Å². The van der Waals surface area contributed by atoms with Crippen molar-refractivity contribution in [2.45, 2.75) is 19.3 Å². The quantitative estimate of drug-likeness (QED) is 0.801. The Morgan fingerprint density at radius 3 is 2.57 bits per heavy atom. The first-order chi connectivity index (χ1) is 9.84. The molecule has 1 aromatic rings. The molecule has 0 aromatic heterocycles. The number of rotatable bonds is 4. The van der Waals surface area contributed by atoms with Gasteiger partial charge in [0.05, 0.1) is 29.7 Å². The number of esters is 1. The highest BCUT2D eigenvalue weighted by atomic mass is 35.5. The molecule has 0 unspecified atom stereocenters. The highest BCUT2D eigenvalue weighted by Gasteiger charge is 2.44. The molecule has 1 aliphatic rings. The third kappa shape index (κ3) is 2.51. The van der Waals surface area contributed by atoms with Gasteiger partial charge in [-0.25, -0.2) is 4.79 Å². The zero-order chi connectivity index (χ0) is 15.8. The first kappa shape index (κ1) is 15.8. The Morgan fingerprint density at radius 1 is 1.33 bits per heavy atom. The second kappa shape index (κ2) is 5.66. The zero-order valence-corrected chi connectivity index (χ0v) is 13.3. The Hall–Kier alpha value is -1.59. The number of methoxy groups -OCH3 is 2. The van der Waals surface area contributed by atoms with Crippen LogP contribution in [0.25, 0.3) is 0 Å². The summed E-state index contributed by atoms with van der Waals surface area (Å²) >= 11 is 6.15. The second-order valence-corrected chi connectivity index (χ2v) is 5.82. The van der Waals surface area contributed by atoms with Crippen LogP contribution in [0.2, 0.25) is 5.02 Å². The van der Waals surface area contributed by atoms with Crippen molar-refractivity contribution in [2.24, 2.45) is 0 Å². The molecule has 6 heteroatoms. The number of anilines is 1. The molecule has 0 aliphatic carbocycles. The molecular weight excluding hydrogens is 294 g/mol. The Balaban J connectivity index is 2.56. The molecule has 1 aromatic carbocycles. The van der Waals surface area contributed by atoms with Crippen molar-refractivity contribution in [3.05, 3.63) is 28.3 Å². The van der Waals surface area contributed by atoms with Gasteiger partial charge in [-0.2, -0.15) is 0 Å². The van der Waals surface area contributed by atoms with Gasteiger partial charge >= 0.3 is 5.97 Å². The number of nitrogens with zero attached hydrogens (tertiary/aromatic N) is 1. The van der Waals surface area contributed by atoms with Crippen LogP contribution in [0.4, 0.5) is 5.69 Å². The molecule has 2 rings (SSSR count). The maximum atomic E-state index is 12.6. The van der Waals surface area contributed by atoms with E-state index in [1.807, 2.05) is 13.8 Å². The molecule has 1 aliphatic heterocycles. The summed E-state index contributed by atoms with van der Waals surface area (Å²) < 4.78 is 9.77. The van der Waals surface area contributed by atoms with Gasteiger partial charge in [0.2, 0.25) is 5.91 Å². The second-order valence-electron chi connectivity index (χ2n) is 5.42. The number of fused-ring (bicyclic) bond motifs is 1. The van der Waals surface area contributed by atoms with E-state index < -0.39 is 11.4 Å². The van der Waals surface area contributed by atoms with E-state index in [0.29, 0.717) is 18.8 Å². The van der Waals surface area contributed by atoms with Crippen LogP contribution < -0.4 is 4.90 Å². The lowest BCUT2D eigenvalue weighted by Gasteiger charge is -2.19. The van der Waals surface area contributed by atoms with Crippen molar-refractivity contribution < 1.29 is 19.1 Å². The molecule has 21 heavy (non-hydrogen) atoms. The SMILES string of the molecule is COCCN1C(=O)C(C)(C)c2cc(Cl)c(C(=O)OC)cc21. The van der Waals surface area contributed by atoms with Crippen molar-refractivity contribution in [2.75, 3.05) is 32.3 Å². The zero-order valence-electron chi connectivity index (χ0n) is 12.5. The van der Waals surface area contributed by atoms with Crippen LogP contribution in [0.3, 0.4) is 0 Å².